The van der Waals surface area contributed by atoms with Crippen LogP contribution in [0.25, 0.3) is 0 Å². The molecule has 0 aliphatic heterocycles. The number of rotatable bonds is 22. The van der Waals surface area contributed by atoms with Crippen LogP contribution in [0.2, 0.25) is 0 Å². The van der Waals surface area contributed by atoms with E-state index in [1.54, 1.807) is 0 Å². The number of nitrogens with one attached hydrogen (secondary N) is 4. The molecule has 0 aliphatic carbocycles. The molecule has 63 heavy (non-hydrogen) atoms. The van der Waals surface area contributed by atoms with Crippen LogP contribution in [-0.4, -0.2) is 57.8 Å². The van der Waals surface area contributed by atoms with Crippen molar-refractivity contribution in [1.29, 1.82) is 0 Å². The van der Waals surface area contributed by atoms with Crippen molar-refractivity contribution in [2.24, 2.45) is 0 Å². The van der Waals surface area contributed by atoms with Crippen LogP contribution in [0.5, 0.6) is 0 Å². The Kier molecular flexibility index (Phi) is 49.4. The predicted octanol–water partition coefficient (Wildman–Crippen LogP) is 8.41. The molecule has 4 N–H and O–H groups in total. The molecule has 0 saturated carbocycles. The minimum Gasteiger partial charge on any atom is -0.550 e. The third-order valence-corrected chi connectivity index (χ3v) is 8.81. The van der Waals surface area contributed by atoms with E-state index in [4.69, 9.17) is 0 Å². The van der Waals surface area contributed by atoms with E-state index in [0.29, 0.717) is 0 Å². The molecule has 0 unspecified atom stereocenters. The molecule has 0 aromatic carbocycles. The summed E-state index contributed by atoms with van der Waals surface area (Å²) in [5.74, 6) is 1.53. The van der Waals surface area contributed by atoms with Crippen molar-refractivity contribution in [3.05, 3.63) is 70.9 Å². The van der Waals surface area contributed by atoms with Crippen molar-refractivity contribution < 1.29 is 52.1 Å². The van der Waals surface area contributed by atoms with Crippen molar-refractivity contribution in [2.75, 3.05) is 0 Å². The zero-order valence-corrected chi connectivity index (χ0v) is 43.1. The number of hydrogen-bond donors (Lipinski definition) is 4. The Morgan fingerprint density at radius 2 is 0.571 bits per heavy atom. The van der Waals surface area contributed by atoms with Gasteiger partial charge in [0.15, 0.2) is 0 Å². The van der Waals surface area contributed by atoms with Crippen LogP contribution in [0, 0.1) is 27.7 Å². The van der Waals surface area contributed by atoms with Gasteiger partial charge in [-0.1, -0.05) is 126 Å². The van der Waals surface area contributed by atoms with Crippen LogP contribution in [0.3, 0.4) is 0 Å². The average Bonchev–Trinajstić information content (AvgIpc) is 4.07. The van der Waals surface area contributed by atoms with E-state index >= 15 is 0 Å². The van der Waals surface area contributed by atoms with Gasteiger partial charge >= 0.3 is 22.4 Å². The van der Waals surface area contributed by atoms with Crippen LogP contribution in [0.1, 0.15) is 210 Å². The number of aryl methyl sites for hydroxylation is 8. The normalized spacial score (nSPS) is 9.57. The molecule has 0 aliphatic rings. The van der Waals surface area contributed by atoms with Gasteiger partial charge in [0.1, 0.15) is 23.3 Å². The molecule has 4 rings (SSSR count). The van der Waals surface area contributed by atoms with Crippen LogP contribution in [0.4, 0.5) is 0 Å². The summed E-state index contributed by atoms with van der Waals surface area (Å²) in [7, 11) is 0. The van der Waals surface area contributed by atoms with Gasteiger partial charge in [-0.05, 0) is 66.2 Å². The summed E-state index contributed by atoms with van der Waals surface area (Å²) in [6, 6.07) is 0. The molecule has 0 amide bonds. The minimum atomic E-state index is -0.920. The van der Waals surface area contributed by atoms with Gasteiger partial charge in [0.05, 0.1) is 0 Å². The minimum absolute atomic E-state index is 0. The monoisotopic (exact) mass is 1070 g/mol. The number of carbonyl (C=O) groups excluding carboxylic acids is 3. The van der Waals surface area contributed by atoms with E-state index in [1.807, 2.05) is 52.5 Å². The summed E-state index contributed by atoms with van der Waals surface area (Å²) < 4.78 is 0. The van der Waals surface area contributed by atoms with Gasteiger partial charge in [-0.3, -0.25) is 0 Å². The summed E-state index contributed by atoms with van der Waals surface area (Å²) in [6.07, 6.45) is 28.2. The first-order valence-corrected chi connectivity index (χ1v) is 23.2. The second-order valence-corrected chi connectivity index (χ2v) is 15.1. The van der Waals surface area contributed by atoms with Crippen molar-refractivity contribution in [3.63, 3.8) is 0 Å². The van der Waals surface area contributed by atoms with Crippen molar-refractivity contribution in [1.82, 2.24) is 39.9 Å². The molecular weight excluding hydrogens is 982 g/mol. The quantitative estimate of drug-likeness (QED) is 0.0433. The number of carboxylic acids is 3. The van der Waals surface area contributed by atoms with E-state index < -0.39 is 17.9 Å². The number of H-pyrrole nitrogens is 4. The third-order valence-electron chi connectivity index (χ3n) is 8.81. The Bertz CT molecular complexity index is 1380. The molecular formula is C48H85AuN8O6. The van der Waals surface area contributed by atoms with E-state index in [9.17, 15) is 29.7 Å². The standard InChI is InChI=1S/3C8H16O2.4C6H10N2.Au/c3*1-2-3-4-5-6-7-8(9)10;4*1-3-6-7-4-5(2)8-6;/h3*2-7H2,1H3,(H,9,10);4*4H,3H2,1-2H3,(H,7,8);/q;;;;;;;+3/p-3. The van der Waals surface area contributed by atoms with Crippen molar-refractivity contribution in [2.45, 2.75) is 217 Å². The Morgan fingerprint density at radius 1 is 0.381 bits per heavy atom. The molecule has 14 nitrogen and oxygen atoms in total. The second-order valence-electron chi connectivity index (χ2n) is 15.1. The van der Waals surface area contributed by atoms with Gasteiger partial charge in [0, 0.05) is 91.2 Å². The van der Waals surface area contributed by atoms with Gasteiger partial charge in [-0.2, -0.15) is 0 Å². The van der Waals surface area contributed by atoms with E-state index in [2.05, 4.69) is 88.3 Å². The molecule has 4 aromatic rings. The van der Waals surface area contributed by atoms with Crippen LogP contribution >= 0.6 is 0 Å². The molecule has 4 heterocycles. The van der Waals surface area contributed by atoms with Gasteiger partial charge in [0.2, 0.25) is 0 Å². The molecule has 0 fully saturated rings. The maximum Gasteiger partial charge on any atom is 3.00 e. The van der Waals surface area contributed by atoms with Crippen LogP contribution in [-0.2, 0) is 62.4 Å². The average molecular weight is 1070 g/mol. The number of carbonyl (C=O) groups is 3. The number of carboxylic acid groups (broad SMARTS) is 3. The first kappa shape index (κ1) is 65.6. The molecule has 15 heteroatoms. The van der Waals surface area contributed by atoms with Gasteiger partial charge < -0.3 is 49.6 Å². The van der Waals surface area contributed by atoms with Crippen LogP contribution < -0.4 is 15.3 Å². The fourth-order valence-electron chi connectivity index (χ4n) is 5.20. The molecule has 0 spiro atoms. The number of imidazole rings is 4. The van der Waals surface area contributed by atoms with Gasteiger partial charge in [-0.25, -0.2) is 19.9 Å². The molecule has 0 atom stereocenters. The Hall–Kier alpha value is -4.01. The fraction of sp³-hybridized carbons (Fsp3) is 0.688. The number of hydrogen-bond acceptors (Lipinski definition) is 10. The van der Waals surface area contributed by atoms with Crippen molar-refractivity contribution >= 4 is 17.9 Å². The Morgan fingerprint density at radius 3 is 0.683 bits per heavy atom. The molecule has 0 bridgehead atoms. The smallest absolute Gasteiger partial charge is 0.550 e. The Labute approximate surface area is 396 Å². The molecule has 0 saturated heterocycles. The SMILES string of the molecule is CCCCCCCC(=O)[O-].CCCCCCCC(=O)[O-].CCCCCCCC(=O)[O-].CCc1ncc(C)[nH]1.CCc1ncc(C)[nH]1.CCc1ncc(C)[nH]1.CCc1ncc(C)[nH]1.[Au+3]. The maximum atomic E-state index is 9.92. The molecule has 4 aromatic heterocycles. The van der Waals surface area contributed by atoms with Crippen LogP contribution in [0.15, 0.2) is 24.8 Å². The number of aliphatic carboxylic acids is 3. The summed E-state index contributed by atoms with van der Waals surface area (Å²) in [4.78, 5) is 58.5. The van der Waals surface area contributed by atoms with E-state index in [0.717, 1.165) is 130 Å². The first-order valence-electron chi connectivity index (χ1n) is 23.2. The van der Waals surface area contributed by atoms with E-state index in [-0.39, 0.29) is 41.6 Å². The largest absolute Gasteiger partial charge is 3.00 e. The van der Waals surface area contributed by atoms with Gasteiger partial charge in [0.25, 0.3) is 0 Å². The van der Waals surface area contributed by atoms with Gasteiger partial charge in [-0.15, -0.1) is 0 Å². The summed E-state index contributed by atoms with van der Waals surface area (Å²) in [5.41, 5.74) is 4.56. The number of nitrogens with zero attached hydrogens (tertiary/aromatic N) is 4. The maximum absolute atomic E-state index is 9.92. The fourth-order valence-corrected chi connectivity index (χ4v) is 5.20. The summed E-state index contributed by atoms with van der Waals surface area (Å²) in [5, 5.41) is 29.8. The summed E-state index contributed by atoms with van der Waals surface area (Å²) >= 11 is 0. The van der Waals surface area contributed by atoms with E-state index in [1.165, 1.54) is 38.5 Å². The number of aromatic nitrogens is 8. The van der Waals surface area contributed by atoms with Crippen molar-refractivity contribution in [3.8, 4) is 0 Å². The number of aromatic amines is 4. The predicted molar refractivity (Wildman–Crippen MR) is 246 cm³/mol. The second kappa shape index (κ2) is 47.5. The Balaban J connectivity index is -0.000000322. The zero-order chi connectivity index (χ0) is 47.4. The molecule has 364 valence electrons. The third kappa shape index (κ3) is 48.9. The summed E-state index contributed by atoms with van der Waals surface area (Å²) in [6.45, 7) is 22.8. The topological polar surface area (TPSA) is 235 Å². The first-order chi connectivity index (χ1) is 29.6. The molecule has 0 radical (unpaired) electrons. The zero-order valence-electron chi connectivity index (χ0n) is 40.9. The number of unbranched alkanes of at least 4 members (excludes halogenated alkanes) is 12.